The van der Waals surface area contributed by atoms with Crippen LogP contribution < -0.4 is 10.1 Å². The van der Waals surface area contributed by atoms with Crippen LogP contribution in [0, 0.1) is 6.92 Å². The number of rotatable bonds is 6. The molecule has 0 spiro atoms. The molecule has 0 fully saturated rings. The first kappa shape index (κ1) is 17.0. The van der Waals surface area contributed by atoms with Gasteiger partial charge in [0.1, 0.15) is 5.75 Å². The summed E-state index contributed by atoms with van der Waals surface area (Å²) in [6.07, 6.45) is 0.132. The zero-order valence-electron chi connectivity index (χ0n) is 14.7. The van der Waals surface area contributed by atoms with E-state index in [1.165, 1.54) is 10.9 Å². The predicted octanol–water partition coefficient (Wildman–Crippen LogP) is 4.62. The molecule has 0 bridgehead atoms. The summed E-state index contributed by atoms with van der Waals surface area (Å²) >= 11 is 0. The van der Waals surface area contributed by atoms with Crippen molar-refractivity contribution in [2.45, 2.75) is 32.9 Å². The van der Waals surface area contributed by atoms with Crippen LogP contribution in [-0.2, 0) is 11.3 Å². The Bertz CT molecular complexity index is 850. The summed E-state index contributed by atoms with van der Waals surface area (Å²) in [6, 6.07) is 22.1. The van der Waals surface area contributed by atoms with Crippen molar-refractivity contribution in [3.05, 3.63) is 77.9 Å². The van der Waals surface area contributed by atoms with E-state index in [2.05, 4.69) is 23.5 Å². The number of carbonyl (C=O) groups is 1. The third-order valence-electron chi connectivity index (χ3n) is 4.30. The summed E-state index contributed by atoms with van der Waals surface area (Å²) in [6.45, 7) is 4.47. The highest BCUT2D eigenvalue weighted by Crippen LogP contribution is 2.19. The summed E-state index contributed by atoms with van der Waals surface area (Å²) in [4.78, 5) is 12.5. The molecule has 1 atom stereocenters. The molecule has 3 nitrogen and oxygen atoms in total. The number of nitrogens with one attached hydrogen (secondary N) is 1. The van der Waals surface area contributed by atoms with E-state index in [0.29, 0.717) is 13.0 Å². The summed E-state index contributed by atoms with van der Waals surface area (Å²) in [5, 5.41) is 5.35. The van der Waals surface area contributed by atoms with E-state index in [-0.39, 0.29) is 5.91 Å². The third-order valence-corrected chi connectivity index (χ3v) is 4.30. The maximum Gasteiger partial charge on any atom is 0.261 e. The summed E-state index contributed by atoms with van der Waals surface area (Å²) in [5.41, 5.74) is 2.28. The van der Waals surface area contributed by atoms with Gasteiger partial charge in [0.05, 0.1) is 0 Å². The summed E-state index contributed by atoms with van der Waals surface area (Å²) in [7, 11) is 0. The molecular formula is C22H23NO2. The topological polar surface area (TPSA) is 38.3 Å². The molecule has 0 radical (unpaired) electrons. The van der Waals surface area contributed by atoms with Crippen molar-refractivity contribution < 1.29 is 9.53 Å². The average Bonchev–Trinajstić information content (AvgIpc) is 2.65. The number of aryl methyl sites for hydroxylation is 1. The van der Waals surface area contributed by atoms with Crippen molar-refractivity contribution >= 4 is 16.7 Å². The second-order valence-corrected chi connectivity index (χ2v) is 6.18. The van der Waals surface area contributed by atoms with Crippen LogP contribution in [0.2, 0.25) is 0 Å². The molecular weight excluding hydrogens is 310 g/mol. The van der Waals surface area contributed by atoms with E-state index in [9.17, 15) is 4.79 Å². The van der Waals surface area contributed by atoms with Gasteiger partial charge in [-0.25, -0.2) is 0 Å². The molecule has 1 amide bonds. The van der Waals surface area contributed by atoms with Gasteiger partial charge in [0.25, 0.3) is 5.91 Å². The van der Waals surface area contributed by atoms with Crippen LogP contribution in [0.25, 0.3) is 10.8 Å². The van der Waals surface area contributed by atoms with Gasteiger partial charge in [-0.2, -0.15) is 0 Å². The van der Waals surface area contributed by atoms with Crippen LogP contribution in [-0.4, -0.2) is 12.0 Å². The first-order valence-corrected chi connectivity index (χ1v) is 8.65. The number of benzene rings is 3. The van der Waals surface area contributed by atoms with E-state index in [1.54, 1.807) is 0 Å². The lowest BCUT2D eigenvalue weighted by molar-refractivity contribution is -0.128. The first-order valence-electron chi connectivity index (χ1n) is 8.65. The fraction of sp³-hybridized carbons (Fsp3) is 0.227. The number of ether oxygens (including phenoxy) is 1. The molecule has 3 heteroatoms. The summed E-state index contributed by atoms with van der Waals surface area (Å²) < 4.78 is 5.84. The van der Waals surface area contributed by atoms with E-state index in [0.717, 1.165) is 16.7 Å². The fourth-order valence-electron chi connectivity index (χ4n) is 2.85. The number of hydrogen-bond donors (Lipinski definition) is 1. The minimum atomic E-state index is -0.488. The lowest BCUT2D eigenvalue weighted by Crippen LogP contribution is -2.37. The van der Waals surface area contributed by atoms with E-state index >= 15 is 0 Å². The highest BCUT2D eigenvalue weighted by molar-refractivity contribution is 5.86. The molecule has 1 N–H and O–H groups in total. The molecule has 3 rings (SSSR count). The van der Waals surface area contributed by atoms with Gasteiger partial charge in [0.15, 0.2) is 6.10 Å². The molecule has 3 aromatic rings. The predicted molar refractivity (Wildman–Crippen MR) is 102 cm³/mol. The molecule has 0 aromatic heterocycles. The zero-order chi connectivity index (χ0) is 17.6. The maximum absolute atomic E-state index is 12.5. The van der Waals surface area contributed by atoms with Gasteiger partial charge in [-0.3, -0.25) is 4.79 Å². The van der Waals surface area contributed by atoms with Crippen molar-refractivity contribution in [3.8, 4) is 5.75 Å². The number of carbonyl (C=O) groups excluding carboxylic acids is 1. The lowest BCUT2D eigenvalue weighted by atomic mass is 10.0. The van der Waals surface area contributed by atoms with Crippen LogP contribution >= 0.6 is 0 Å². The molecule has 1 unspecified atom stereocenters. The van der Waals surface area contributed by atoms with E-state index in [1.807, 2.05) is 62.4 Å². The largest absolute Gasteiger partial charge is 0.481 e. The van der Waals surface area contributed by atoms with Gasteiger partial charge in [0.2, 0.25) is 0 Å². The maximum atomic E-state index is 12.5. The molecule has 128 valence electrons. The Labute approximate surface area is 148 Å². The molecule has 0 saturated heterocycles. The number of amides is 1. The summed E-state index contributed by atoms with van der Waals surface area (Å²) in [5.74, 6) is 0.633. The zero-order valence-corrected chi connectivity index (χ0v) is 14.7. The Morgan fingerprint density at radius 1 is 1.00 bits per heavy atom. The Morgan fingerprint density at radius 2 is 1.72 bits per heavy atom. The third kappa shape index (κ3) is 4.18. The molecule has 3 aromatic carbocycles. The van der Waals surface area contributed by atoms with Crippen LogP contribution in [0.4, 0.5) is 0 Å². The molecule has 0 aliphatic rings. The second-order valence-electron chi connectivity index (χ2n) is 6.18. The number of fused-ring (bicyclic) bond motifs is 1. The highest BCUT2D eigenvalue weighted by Gasteiger charge is 2.18. The molecule has 0 aliphatic carbocycles. The Hall–Kier alpha value is -2.81. The van der Waals surface area contributed by atoms with Crippen LogP contribution in [0.15, 0.2) is 66.7 Å². The monoisotopic (exact) mass is 333 g/mol. The van der Waals surface area contributed by atoms with Gasteiger partial charge in [0, 0.05) is 6.54 Å². The molecule has 0 heterocycles. The SMILES string of the molecule is CCC(Oc1ccc(C)cc1)C(=O)NCc1cccc2ccccc12. The van der Waals surface area contributed by atoms with Crippen LogP contribution in [0.5, 0.6) is 5.75 Å². The van der Waals surface area contributed by atoms with Crippen molar-refractivity contribution in [3.63, 3.8) is 0 Å². The normalized spacial score (nSPS) is 11.9. The van der Waals surface area contributed by atoms with Crippen molar-refractivity contribution in [1.29, 1.82) is 0 Å². The standard InChI is InChI=1S/C22H23NO2/c1-3-21(25-19-13-11-16(2)12-14-19)22(24)23-15-18-9-6-8-17-7-4-5-10-20(17)18/h4-14,21H,3,15H2,1-2H3,(H,23,24). The lowest BCUT2D eigenvalue weighted by Gasteiger charge is -2.18. The van der Waals surface area contributed by atoms with Crippen molar-refractivity contribution in [2.24, 2.45) is 0 Å². The van der Waals surface area contributed by atoms with Gasteiger partial charge in [-0.15, -0.1) is 0 Å². The van der Waals surface area contributed by atoms with Crippen molar-refractivity contribution in [2.75, 3.05) is 0 Å². The van der Waals surface area contributed by atoms with Crippen LogP contribution in [0.1, 0.15) is 24.5 Å². The van der Waals surface area contributed by atoms with Crippen molar-refractivity contribution in [1.82, 2.24) is 5.32 Å². The van der Waals surface area contributed by atoms with Gasteiger partial charge in [-0.1, -0.05) is 67.1 Å². The smallest absolute Gasteiger partial charge is 0.261 e. The molecule has 0 aliphatic heterocycles. The molecule has 0 saturated carbocycles. The number of hydrogen-bond acceptors (Lipinski definition) is 2. The van der Waals surface area contributed by atoms with Gasteiger partial charge in [-0.05, 0) is 41.8 Å². The second kappa shape index (κ2) is 7.84. The van der Waals surface area contributed by atoms with E-state index < -0.39 is 6.10 Å². The minimum Gasteiger partial charge on any atom is -0.481 e. The molecule has 25 heavy (non-hydrogen) atoms. The fourth-order valence-corrected chi connectivity index (χ4v) is 2.85. The Balaban J connectivity index is 1.66. The van der Waals surface area contributed by atoms with E-state index in [4.69, 9.17) is 4.74 Å². The Kier molecular flexibility index (Phi) is 5.34. The average molecular weight is 333 g/mol. The quantitative estimate of drug-likeness (QED) is 0.715. The van der Waals surface area contributed by atoms with Gasteiger partial charge >= 0.3 is 0 Å². The highest BCUT2D eigenvalue weighted by atomic mass is 16.5. The first-order chi connectivity index (χ1) is 12.2. The minimum absolute atomic E-state index is 0.0870. The van der Waals surface area contributed by atoms with Crippen LogP contribution in [0.3, 0.4) is 0 Å². The van der Waals surface area contributed by atoms with Gasteiger partial charge < -0.3 is 10.1 Å². The Morgan fingerprint density at radius 3 is 2.48 bits per heavy atom.